The first-order valence-electron chi connectivity index (χ1n) is 18.0. The summed E-state index contributed by atoms with van der Waals surface area (Å²) in [5, 5.41) is 2.53. The van der Waals surface area contributed by atoms with E-state index in [-0.39, 0.29) is 60.8 Å². The number of amides is 4. The molecule has 0 spiro atoms. The lowest BCUT2D eigenvalue weighted by Crippen LogP contribution is -2.55. The number of anilines is 1. The van der Waals surface area contributed by atoms with Crippen LogP contribution in [0.15, 0.2) is 42.5 Å². The monoisotopic (exact) mass is 746 g/mol. The smallest absolute Gasteiger partial charge is 0.417 e. The topological polar surface area (TPSA) is 106 Å². The van der Waals surface area contributed by atoms with E-state index in [2.05, 4.69) is 15.1 Å². The normalized spacial score (nSPS) is 20.3. The van der Waals surface area contributed by atoms with Gasteiger partial charge in [-0.15, -0.1) is 0 Å². The van der Waals surface area contributed by atoms with Gasteiger partial charge in [-0.25, -0.2) is 4.79 Å². The molecule has 2 aromatic carbocycles. The number of fused-ring (bicyclic) bond motifs is 1. The number of nitrogens with zero attached hydrogens (tertiary/aromatic N) is 5. The number of methoxy groups -OCH3 is 1. The van der Waals surface area contributed by atoms with Crippen molar-refractivity contribution in [1.82, 2.24) is 24.5 Å². The maximum atomic E-state index is 14.1. The molecular formula is C37H46ClF3N6O5. The number of rotatable bonds is 9. The molecule has 2 aromatic rings. The Hall–Kier alpha value is -3.88. The molecule has 0 bridgehead atoms. The number of para-hydroxylation sites is 1. The first-order valence-corrected chi connectivity index (χ1v) is 18.4. The zero-order valence-electron chi connectivity index (χ0n) is 29.4. The average molecular weight is 747 g/mol. The molecule has 0 aromatic heterocycles. The zero-order chi connectivity index (χ0) is 37.0. The Morgan fingerprint density at radius 2 is 1.56 bits per heavy atom. The number of benzene rings is 2. The van der Waals surface area contributed by atoms with Gasteiger partial charge in [0, 0.05) is 83.1 Å². The summed E-state index contributed by atoms with van der Waals surface area (Å²) in [6.07, 6.45) is -2.18. The van der Waals surface area contributed by atoms with Gasteiger partial charge in [-0.1, -0.05) is 35.9 Å². The fourth-order valence-corrected chi connectivity index (χ4v) is 8.20. The minimum absolute atomic E-state index is 0.0310. The number of hydrogen-bond acceptors (Lipinski definition) is 7. The van der Waals surface area contributed by atoms with Gasteiger partial charge in [0.25, 0.3) is 0 Å². The summed E-state index contributed by atoms with van der Waals surface area (Å²) >= 11 is 5.89. The molecule has 282 valence electrons. The molecule has 0 saturated carbocycles. The molecule has 4 heterocycles. The van der Waals surface area contributed by atoms with Crippen LogP contribution in [0.4, 0.5) is 23.7 Å². The fraction of sp³-hybridized carbons (Fsp3) is 0.568. The Morgan fingerprint density at radius 1 is 0.904 bits per heavy atom. The lowest BCUT2D eigenvalue weighted by Gasteiger charge is -2.43. The molecule has 4 aliphatic heterocycles. The summed E-state index contributed by atoms with van der Waals surface area (Å²) in [4.78, 5) is 62.2. The first kappa shape index (κ1) is 37.9. The predicted molar refractivity (Wildman–Crippen MR) is 189 cm³/mol. The second-order valence-corrected chi connectivity index (χ2v) is 14.6. The maximum Gasteiger partial charge on any atom is 0.417 e. The molecule has 11 nitrogen and oxygen atoms in total. The number of nitrogens with one attached hydrogen (secondary N) is 1. The number of ether oxygens (including phenoxy) is 1. The van der Waals surface area contributed by atoms with E-state index in [1.807, 2.05) is 24.3 Å². The van der Waals surface area contributed by atoms with Crippen molar-refractivity contribution in [3.05, 3.63) is 64.2 Å². The zero-order valence-corrected chi connectivity index (χ0v) is 30.1. The molecule has 1 unspecified atom stereocenters. The number of halogens is 4. The largest absolute Gasteiger partial charge is 0.468 e. The Labute approximate surface area is 306 Å². The van der Waals surface area contributed by atoms with Crippen LogP contribution in [-0.2, 0) is 38.3 Å². The highest BCUT2D eigenvalue weighted by atomic mass is 35.5. The van der Waals surface area contributed by atoms with Crippen LogP contribution >= 0.6 is 11.6 Å². The highest BCUT2D eigenvalue weighted by Crippen LogP contribution is 2.36. The van der Waals surface area contributed by atoms with E-state index < -0.39 is 22.7 Å². The summed E-state index contributed by atoms with van der Waals surface area (Å²) in [6.45, 7) is 5.63. The summed E-state index contributed by atoms with van der Waals surface area (Å²) in [5.74, 6) is -1.58. The first-order chi connectivity index (χ1) is 24.9. The SMILES string of the molecule is COC(=O)CN1CCN(C2CCN(C(=O)C(CC(=O)N3CCC(N4Cc5ccccc5NC4=O)CC3)Cc3ccc(Cl)c(C(F)(F)F)c3)CC2)CC1. The van der Waals surface area contributed by atoms with Crippen LogP contribution in [0, 0.1) is 5.92 Å². The van der Waals surface area contributed by atoms with E-state index in [0.717, 1.165) is 56.3 Å². The Morgan fingerprint density at radius 3 is 2.23 bits per heavy atom. The van der Waals surface area contributed by atoms with Crippen molar-refractivity contribution in [1.29, 1.82) is 0 Å². The second-order valence-electron chi connectivity index (χ2n) is 14.2. The van der Waals surface area contributed by atoms with E-state index in [1.165, 1.54) is 19.2 Å². The van der Waals surface area contributed by atoms with Crippen molar-refractivity contribution >= 4 is 41.1 Å². The van der Waals surface area contributed by atoms with Crippen molar-refractivity contribution in [2.45, 2.75) is 63.3 Å². The third-order valence-corrected chi connectivity index (χ3v) is 11.3. The van der Waals surface area contributed by atoms with E-state index in [0.29, 0.717) is 45.6 Å². The minimum Gasteiger partial charge on any atom is -0.468 e. The molecule has 1 atom stereocenters. The van der Waals surface area contributed by atoms with Crippen LogP contribution < -0.4 is 5.32 Å². The molecule has 3 fully saturated rings. The molecule has 6 rings (SSSR count). The lowest BCUT2D eigenvalue weighted by atomic mass is 9.91. The van der Waals surface area contributed by atoms with Crippen LogP contribution in [-0.4, -0.2) is 126 Å². The van der Waals surface area contributed by atoms with Gasteiger partial charge in [-0.2, -0.15) is 13.2 Å². The quantitative estimate of drug-likeness (QED) is 0.371. The number of piperidine rings is 2. The van der Waals surface area contributed by atoms with Crippen molar-refractivity contribution in [3.63, 3.8) is 0 Å². The van der Waals surface area contributed by atoms with Gasteiger partial charge in [0.2, 0.25) is 11.8 Å². The Bertz CT molecular complexity index is 1620. The number of urea groups is 1. The van der Waals surface area contributed by atoms with Gasteiger partial charge in [0.05, 0.1) is 30.2 Å². The Balaban J connectivity index is 1.08. The summed E-state index contributed by atoms with van der Waals surface area (Å²) < 4.78 is 46.0. The minimum atomic E-state index is -4.66. The fourth-order valence-electron chi connectivity index (χ4n) is 7.98. The molecule has 4 aliphatic rings. The van der Waals surface area contributed by atoms with Gasteiger partial charge in [-0.3, -0.25) is 24.2 Å². The third kappa shape index (κ3) is 9.00. The summed E-state index contributed by atoms with van der Waals surface area (Å²) in [5.41, 5.74) is 1.15. The van der Waals surface area contributed by atoms with E-state index >= 15 is 0 Å². The number of carbonyl (C=O) groups is 4. The Kier molecular flexibility index (Phi) is 12.0. The molecule has 3 saturated heterocycles. The van der Waals surface area contributed by atoms with Gasteiger partial charge in [-0.05, 0) is 61.4 Å². The van der Waals surface area contributed by atoms with Crippen LogP contribution in [0.5, 0.6) is 0 Å². The molecule has 4 amide bonds. The number of likely N-dealkylation sites (tertiary alicyclic amines) is 2. The second kappa shape index (κ2) is 16.4. The van der Waals surface area contributed by atoms with Gasteiger partial charge < -0.3 is 24.8 Å². The molecular weight excluding hydrogens is 701 g/mol. The molecule has 1 N–H and O–H groups in total. The number of hydrogen-bond donors (Lipinski definition) is 1. The standard InChI is InChI=1S/C37H46ClF3N6O5/c1-52-34(49)24-43-16-18-44(19-17-43)28-8-14-46(15-9-28)35(50)27(20-25-6-7-31(38)30(21-25)37(39,40)41)22-33(48)45-12-10-29(11-13-45)47-23-26-4-2-3-5-32(26)42-36(47)51/h2-7,21,27-29H,8-20,22-24H2,1H3,(H,42,51). The maximum absolute atomic E-state index is 14.1. The van der Waals surface area contributed by atoms with Crippen molar-refractivity contribution < 1.29 is 37.1 Å². The molecule has 15 heteroatoms. The number of carbonyl (C=O) groups excluding carboxylic acids is 4. The van der Waals surface area contributed by atoms with Gasteiger partial charge >= 0.3 is 18.2 Å². The third-order valence-electron chi connectivity index (χ3n) is 11.0. The van der Waals surface area contributed by atoms with Gasteiger partial charge in [0.15, 0.2) is 0 Å². The van der Waals surface area contributed by atoms with Crippen LogP contribution in [0.1, 0.15) is 48.8 Å². The molecule has 52 heavy (non-hydrogen) atoms. The molecule has 0 radical (unpaired) electrons. The van der Waals surface area contributed by atoms with E-state index in [9.17, 15) is 32.3 Å². The molecule has 0 aliphatic carbocycles. The average Bonchev–Trinajstić information content (AvgIpc) is 3.14. The van der Waals surface area contributed by atoms with Gasteiger partial charge in [0.1, 0.15) is 0 Å². The number of esters is 1. The van der Waals surface area contributed by atoms with Crippen molar-refractivity contribution in [2.24, 2.45) is 5.92 Å². The number of piperazine rings is 1. The number of alkyl halides is 3. The predicted octanol–water partition coefficient (Wildman–Crippen LogP) is 4.73. The van der Waals surface area contributed by atoms with E-state index in [4.69, 9.17) is 16.3 Å². The van der Waals surface area contributed by atoms with Crippen LogP contribution in [0.3, 0.4) is 0 Å². The van der Waals surface area contributed by atoms with Crippen LogP contribution in [0.25, 0.3) is 0 Å². The van der Waals surface area contributed by atoms with E-state index in [1.54, 1.807) is 14.7 Å². The van der Waals surface area contributed by atoms with Crippen molar-refractivity contribution in [2.75, 3.05) is 71.3 Å². The van der Waals surface area contributed by atoms with Crippen molar-refractivity contribution in [3.8, 4) is 0 Å². The summed E-state index contributed by atoms with van der Waals surface area (Å²) in [7, 11) is 1.38. The highest BCUT2D eigenvalue weighted by molar-refractivity contribution is 6.31. The highest BCUT2D eigenvalue weighted by Gasteiger charge is 2.38. The summed E-state index contributed by atoms with van der Waals surface area (Å²) in [6, 6.07) is 11.4. The lowest BCUT2D eigenvalue weighted by molar-refractivity contribution is -0.143. The van der Waals surface area contributed by atoms with Crippen LogP contribution in [0.2, 0.25) is 5.02 Å².